The molecule has 3 aromatic heterocycles. The van der Waals surface area contributed by atoms with Crippen molar-refractivity contribution in [3.05, 3.63) is 98.2 Å². The molecule has 31 heavy (non-hydrogen) atoms. The first-order chi connectivity index (χ1) is 15.0. The van der Waals surface area contributed by atoms with Gasteiger partial charge in [0.15, 0.2) is 0 Å². The fourth-order valence-electron chi connectivity index (χ4n) is 3.80. The zero-order valence-electron chi connectivity index (χ0n) is 17.1. The van der Waals surface area contributed by atoms with Gasteiger partial charge in [-0.3, -0.25) is 9.36 Å². The van der Waals surface area contributed by atoms with Gasteiger partial charge in [-0.1, -0.05) is 48.0 Å². The summed E-state index contributed by atoms with van der Waals surface area (Å²) in [6.45, 7) is 4.31. The molecule has 2 aromatic carbocycles. The van der Waals surface area contributed by atoms with E-state index in [4.69, 9.17) is 4.98 Å². The molecule has 0 atom stereocenters. The van der Waals surface area contributed by atoms with E-state index in [1.807, 2.05) is 61.7 Å². The Morgan fingerprint density at radius 2 is 1.84 bits per heavy atom. The van der Waals surface area contributed by atoms with Gasteiger partial charge in [-0.2, -0.15) is 0 Å². The van der Waals surface area contributed by atoms with Crippen LogP contribution < -0.4 is 5.56 Å². The summed E-state index contributed by atoms with van der Waals surface area (Å²) in [7, 11) is 0. The Balaban J connectivity index is 1.80. The van der Waals surface area contributed by atoms with Gasteiger partial charge in [0.2, 0.25) is 0 Å². The van der Waals surface area contributed by atoms with Gasteiger partial charge in [0, 0.05) is 20.9 Å². The summed E-state index contributed by atoms with van der Waals surface area (Å²) < 4.78 is 15.5. The second kappa shape index (κ2) is 7.87. The quantitative estimate of drug-likeness (QED) is 0.309. The molecule has 3 nitrogen and oxygen atoms in total. The molecular formula is C25H19FN2OS2. The van der Waals surface area contributed by atoms with E-state index in [2.05, 4.69) is 0 Å². The van der Waals surface area contributed by atoms with Gasteiger partial charge < -0.3 is 0 Å². The average Bonchev–Trinajstić information content (AvgIpc) is 3.38. The van der Waals surface area contributed by atoms with Crippen molar-refractivity contribution < 1.29 is 4.39 Å². The third-order valence-electron chi connectivity index (χ3n) is 5.29. The van der Waals surface area contributed by atoms with Crippen molar-refractivity contribution >= 4 is 32.9 Å². The lowest BCUT2D eigenvalue weighted by Gasteiger charge is -2.13. The smallest absolute Gasteiger partial charge is 0.263 e. The lowest BCUT2D eigenvalue weighted by molar-refractivity contribution is 0.623. The maximum atomic E-state index is 13.8. The number of rotatable bonds is 4. The first kappa shape index (κ1) is 19.8. The molecule has 5 aromatic rings. The predicted molar refractivity (Wildman–Crippen MR) is 128 cm³/mol. The molecule has 154 valence electrons. The van der Waals surface area contributed by atoms with Crippen LogP contribution in [0.3, 0.4) is 0 Å². The molecule has 0 aliphatic rings. The van der Waals surface area contributed by atoms with E-state index >= 15 is 0 Å². The number of aromatic nitrogens is 2. The standard InChI is InChI=1S/C25H19FN2OS2/c1-15-8-10-18(11-9-15)23-27-24-22(21(16(2)31-24)20-7-4-12-30-20)25(29)28(23)14-17-5-3-6-19(26)13-17/h3-13H,14H2,1-2H3. The van der Waals surface area contributed by atoms with Gasteiger partial charge in [0.1, 0.15) is 16.5 Å². The minimum Gasteiger partial charge on any atom is -0.288 e. The van der Waals surface area contributed by atoms with E-state index in [0.717, 1.165) is 36.8 Å². The van der Waals surface area contributed by atoms with Crippen molar-refractivity contribution in [3.63, 3.8) is 0 Å². The van der Waals surface area contributed by atoms with Crippen molar-refractivity contribution in [3.8, 4) is 21.8 Å². The van der Waals surface area contributed by atoms with Crippen LogP contribution in [0.25, 0.3) is 32.0 Å². The molecule has 0 bridgehead atoms. The number of aryl methyl sites for hydroxylation is 2. The molecule has 0 unspecified atom stereocenters. The number of benzene rings is 2. The topological polar surface area (TPSA) is 34.9 Å². The van der Waals surface area contributed by atoms with Crippen LogP contribution in [-0.2, 0) is 6.54 Å². The van der Waals surface area contributed by atoms with Crippen molar-refractivity contribution in [2.75, 3.05) is 0 Å². The van der Waals surface area contributed by atoms with E-state index in [9.17, 15) is 9.18 Å². The van der Waals surface area contributed by atoms with Crippen LogP contribution in [0, 0.1) is 19.7 Å². The Morgan fingerprint density at radius 1 is 1.03 bits per heavy atom. The molecular weight excluding hydrogens is 427 g/mol. The number of hydrogen-bond acceptors (Lipinski definition) is 4. The van der Waals surface area contributed by atoms with Crippen LogP contribution >= 0.6 is 22.7 Å². The van der Waals surface area contributed by atoms with Crippen LogP contribution in [-0.4, -0.2) is 9.55 Å². The number of nitrogens with zero attached hydrogens (tertiary/aromatic N) is 2. The third-order valence-corrected chi connectivity index (χ3v) is 7.18. The summed E-state index contributed by atoms with van der Waals surface area (Å²) in [6, 6.07) is 18.4. The molecule has 0 spiro atoms. The van der Waals surface area contributed by atoms with Gasteiger partial charge in [-0.25, -0.2) is 9.37 Å². The highest BCUT2D eigenvalue weighted by Crippen LogP contribution is 2.38. The summed E-state index contributed by atoms with van der Waals surface area (Å²) in [5.74, 6) is 0.280. The zero-order valence-corrected chi connectivity index (χ0v) is 18.7. The molecule has 0 fully saturated rings. The SMILES string of the molecule is Cc1ccc(-c2nc3sc(C)c(-c4cccs4)c3c(=O)n2Cc2cccc(F)c2)cc1. The Labute approximate surface area is 187 Å². The molecule has 5 rings (SSSR count). The first-order valence-electron chi connectivity index (χ1n) is 9.90. The highest BCUT2D eigenvalue weighted by atomic mass is 32.1. The van der Waals surface area contributed by atoms with E-state index in [1.54, 1.807) is 33.3 Å². The van der Waals surface area contributed by atoms with E-state index in [-0.39, 0.29) is 17.9 Å². The van der Waals surface area contributed by atoms with Gasteiger partial charge in [0.05, 0.1) is 11.9 Å². The Morgan fingerprint density at radius 3 is 2.55 bits per heavy atom. The zero-order chi connectivity index (χ0) is 21.5. The van der Waals surface area contributed by atoms with Gasteiger partial charge in [-0.15, -0.1) is 22.7 Å². The Kier molecular flexibility index (Phi) is 5.04. The summed E-state index contributed by atoms with van der Waals surface area (Å²) in [4.78, 5) is 21.6. The monoisotopic (exact) mass is 446 g/mol. The van der Waals surface area contributed by atoms with E-state index < -0.39 is 0 Å². The molecule has 0 radical (unpaired) electrons. The van der Waals surface area contributed by atoms with Crippen molar-refractivity contribution in [2.24, 2.45) is 0 Å². The average molecular weight is 447 g/mol. The number of thiophene rings is 2. The van der Waals surface area contributed by atoms with Crippen LogP contribution in [0.2, 0.25) is 0 Å². The molecule has 0 aliphatic heterocycles. The maximum Gasteiger partial charge on any atom is 0.263 e. The number of halogens is 1. The van der Waals surface area contributed by atoms with E-state index in [0.29, 0.717) is 11.2 Å². The lowest BCUT2D eigenvalue weighted by Crippen LogP contribution is -2.24. The van der Waals surface area contributed by atoms with Crippen LogP contribution in [0.4, 0.5) is 4.39 Å². The Bertz CT molecular complexity index is 1450. The van der Waals surface area contributed by atoms with Gasteiger partial charge in [-0.05, 0) is 43.0 Å². The van der Waals surface area contributed by atoms with E-state index in [1.165, 1.54) is 12.1 Å². The summed E-state index contributed by atoms with van der Waals surface area (Å²) in [5, 5.41) is 2.65. The predicted octanol–water partition coefficient (Wildman–Crippen LogP) is 6.66. The summed E-state index contributed by atoms with van der Waals surface area (Å²) in [5.41, 5.74) is 3.58. The highest BCUT2D eigenvalue weighted by Gasteiger charge is 2.21. The van der Waals surface area contributed by atoms with Crippen LogP contribution in [0.5, 0.6) is 0 Å². The van der Waals surface area contributed by atoms with Crippen molar-refractivity contribution in [1.29, 1.82) is 0 Å². The fraction of sp³-hybridized carbons (Fsp3) is 0.120. The number of fused-ring (bicyclic) bond motifs is 1. The maximum absolute atomic E-state index is 13.8. The number of hydrogen-bond donors (Lipinski definition) is 0. The second-order valence-corrected chi connectivity index (χ2v) is 9.66. The van der Waals surface area contributed by atoms with Crippen LogP contribution in [0.1, 0.15) is 16.0 Å². The molecule has 0 aliphatic carbocycles. The normalized spacial score (nSPS) is 11.3. The van der Waals surface area contributed by atoms with Crippen molar-refractivity contribution in [2.45, 2.75) is 20.4 Å². The third kappa shape index (κ3) is 3.62. The summed E-state index contributed by atoms with van der Waals surface area (Å²) in [6.07, 6.45) is 0. The van der Waals surface area contributed by atoms with Crippen LogP contribution in [0.15, 0.2) is 70.8 Å². The molecule has 0 N–H and O–H groups in total. The van der Waals surface area contributed by atoms with Crippen molar-refractivity contribution in [1.82, 2.24) is 9.55 Å². The molecule has 0 amide bonds. The first-order valence-corrected chi connectivity index (χ1v) is 11.6. The summed E-state index contributed by atoms with van der Waals surface area (Å²) >= 11 is 3.16. The fourth-order valence-corrected chi connectivity index (χ4v) is 5.73. The highest BCUT2D eigenvalue weighted by molar-refractivity contribution is 7.20. The molecule has 0 saturated carbocycles. The molecule has 6 heteroatoms. The minimum absolute atomic E-state index is 0.0995. The molecule has 3 heterocycles. The van der Waals surface area contributed by atoms with Gasteiger partial charge in [0.25, 0.3) is 5.56 Å². The largest absolute Gasteiger partial charge is 0.288 e. The minimum atomic E-state index is -0.317. The van der Waals surface area contributed by atoms with Gasteiger partial charge >= 0.3 is 0 Å². The molecule has 0 saturated heterocycles. The Hall–Kier alpha value is -3.09. The second-order valence-electron chi connectivity index (χ2n) is 7.51. The lowest BCUT2D eigenvalue weighted by atomic mass is 10.1.